The number of carboxylic acids is 1. The summed E-state index contributed by atoms with van der Waals surface area (Å²) in [5.41, 5.74) is 3.25. The lowest BCUT2D eigenvalue weighted by atomic mass is 10.1. The summed E-state index contributed by atoms with van der Waals surface area (Å²) < 4.78 is 38.8. The molecule has 1 aromatic heterocycles. The fourth-order valence-corrected chi connectivity index (χ4v) is 3.83. The van der Waals surface area contributed by atoms with Gasteiger partial charge in [0.15, 0.2) is 0 Å². The van der Waals surface area contributed by atoms with Gasteiger partial charge in [-0.3, -0.25) is 4.79 Å². The highest BCUT2D eigenvalue weighted by atomic mass is 32.2. The number of carbonyl (C=O) groups is 1. The predicted octanol–water partition coefficient (Wildman–Crippen LogP) is 2.89. The number of aryl methyl sites for hydroxylation is 2. The van der Waals surface area contributed by atoms with Gasteiger partial charge in [0.1, 0.15) is 30.4 Å². The summed E-state index contributed by atoms with van der Waals surface area (Å²) in [5.74, 6) is 0.405. The molecule has 3 aromatic rings. The molecule has 0 radical (unpaired) electrons. The van der Waals surface area contributed by atoms with Gasteiger partial charge in [-0.15, -0.1) is 0 Å². The number of oxazole rings is 1. The third kappa shape index (κ3) is 5.94. The standard InChI is InChI=1S/C22H25N3O6S/c1-15-7-9-18(10-8-15)22-24-20(16(2)31-22)14-30-19-6-4-5-17(11-19)12-25(13-21(26)27)32(28,29)23-3/h4-11,23H,12-14H2,1-3H3,(H,26,27). The topological polar surface area (TPSA) is 122 Å². The first-order chi connectivity index (χ1) is 15.2. The molecule has 0 unspecified atom stereocenters. The van der Waals surface area contributed by atoms with Crippen molar-refractivity contribution in [3.05, 3.63) is 71.1 Å². The second-order valence-corrected chi connectivity index (χ2v) is 9.07. The highest BCUT2D eigenvalue weighted by molar-refractivity contribution is 7.87. The Morgan fingerprint density at radius 3 is 2.56 bits per heavy atom. The van der Waals surface area contributed by atoms with Crippen LogP contribution in [0.2, 0.25) is 0 Å². The van der Waals surface area contributed by atoms with Gasteiger partial charge in [0, 0.05) is 19.2 Å². The molecule has 1 heterocycles. The van der Waals surface area contributed by atoms with Crippen molar-refractivity contribution in [1.82, 2.24) is 14.0 Å². The van der Waals surface area contributed by atoms with E-state index in [2.05, 4.69) is 9.71 Å². The van der Waals surface area contributed by atoms with Crippen LogP contribution in [0.4, 0.5) is 0 Å². The van der Waals surface area contributed by atoms with Crippen LogP contribution in [0.3, 0.4) is 0 Å². The summed E-state index contributed by atoms with van der Waals surface area (Å²) in [6.45, 7) is 3.21. The van der Waals surface area contributed by atoms with Gasteiger partial charge in [0.25, 0.3) is 10.2 Å². The van der Waals surface area contributed by atoms with Crippen molar-refractivity contribution in [2.75, 3.05) is 13.6 Å². The monoisotopic (exact) mass is 459 g/mol. The van der Waals surface area contributed by atoms with E-state index in [1.54, 1.807) is 24.3 Å². The fraction of sp³-hybridized carbons (Fsp3) is 0.273. The molecule has 0 aliphatic carbocycles. The van der Waals surface area contributed by atoms with Crippen LogP contribution in [0.25, 0.3) is 11.5 Å². The second kappa shape index (κ2) is 9.94. The van der Waals surface area contributed by atoms with Crippen molar-refractivity contribution >= 4 is 16.2 Å². The summed E-state index contributed by atoms with van der Waals surface area (Å²) in [6.07, 6.45) is 0. The maximum atomic E-state index is 12.1. The number of benzene rings is 2. The Bertz CT molecular complexity index is 1190. The van der Waals surface area contributed by atoms with Crippen LogP contribution in [0.15, 0.2) is 52.9 Å². The summed E-state index contributed by atoms with van der Waals surface area (Å²) in [4.78, 5) is 15.6. The van der Waals surface area contributed by atoms with Gasteiger partial charge in [0.05, 0.1) is 0 Å². The van der Waals surface area contributed by atoms with Gasteiger partial charge < -0.3 is 14.3 Å². The van der Waals surface area contributed by atoms with Crippen LogP contribution in [-0.4, -0.2) is 42.4 Å². The Kier molecular flexibility index (Phi) is 7.29. The minimum atomic E-state index is -3.91. The molecule has 9 nitrogen and oxygen atoms in total. The predicted molar refractivity (Wildman–Crippen MR) is 118 cm³/mol. The van der Waals surface area contributed by atoms with Crippen LogP contribution in [-0.2, 0) is 28.2 Å². The van der Waals surface area contributed by atoms with Gasteiger partial charge >= 0.3 is 5.97 Å². The van der Waals surface area contributed by atoms with Crippen molar-refractivity contribution in [2.24, 2.45) is 0 Å². The molecule has 0 aliphatic rings. The van der Waals surface area contributed by atoms with E-state index in [0.29, 0.717) is 28.7 Å². The van der Waals surface area contributed by atoms with Gasteiger partial charge in [-0.05, 0) is 43.7 Å². The molecule has 2 aromatic carbocycles. The van der Waals surface area contributed by atoms with E-state index in [9.17, 15) is 13.2 Å². The number of aliphatic carboxylic acids is 1. The molecule has 0 spiro atoms. The van der Waals surface area contributed by atoms with Crippen LogP contribution < -0.4 is 9.46 Å². The number of hydrogen-bond donors (Lipinski definition) is 2. The lowest BCUT2D eigenvalue weighted by Crippen LogP contribution is -2.41. The smallest absolute Gasteiger partial charge is 0.318 e. The number of hydrogen-bond acceptors (Lipinski definition) is 6. The van der Waals surface area contributed by atoms with Crippen molar-refractivity contribution in [3.8, 4) is 17.2 Å². The molecule has 3 rings (SSSR count). The highest BCUT2D eigenvalue weighted by Crippen LogP contribution is 2.24. The Morgan fingerprint density at radius 2 is 1.91 bits per heavy atom. The molecule has 0 saturated carbocycles. The third-order valence-electron chi connectivity index (χ3n) is 4.73. The van der Waals surface area contributed by atoms with Crippen molar-refractivity contribution in [3.63, 3.8) is 0 Å². The first-order valence-electron chi connectivity index (χ1n) is 9.83. The normalized spacial score (nSPS) is 11.6. The molecule has 0 amide bonds. The zero-order valence-corrected chi connectivity index (χ0v) is 18.8. The van der Waals surface area contributed by atoms with E-state index < -0.39 is 22.7 Å². The Balaban J connectivity index is 1.71. The SMILES string of the molecule is CNS(=O)(=O)N(CC(=O)O)Cc1cccc(OCc2nc(-c3ccc(C)cc3)oc2C)c1. The molecule has 32 heavy (non-hydrogen) atoms. The molecule has 170 valence electrons. The maximum absolute atomic E-state index is 12.1. The zero-order chi connectivity index (χ0) is 23.3. The number of nitrogens with one attached hydrogen (secondary N) is 1. The largest absolute Gasteiger partial charge is 0.487 e. The van der Waals surface area contributed by atoms with E-state index in [1.807, 2.05) is 38.1 Å². The molecule has 0 aliphatic heterocycles. The van der Waals surface area contributed by atoms with E-state index in [0.717, 1.165) is 15.4 Å². The van der Waals surface area contributed by atoms with Crippen LogP contribution in [0.1, 0.15) is 22.6 Å². The molecular formula is C22H25N3O6S. The minimum absolute atomic E-state index is 0.118. The Labute approximate surface area is 186 Å². The molecule has 0 atom stereocenters. The van der Waals surface area contributed by atoms with Crippen molar-refractivity contribution in [2.45, 2.75) is 27.0 Å². The van der Waals surface area contributed by atoms with E-state index in [-0.39, 0.29) is 13.2 Å². The lowest BCUT2D eigenvalue weighted by Gasteiger charge is -2.19. The average molecular weight is 460 g/mol. The molecular weight excluding hydrogens is 434 g/mol. The second-order valence-electron chi connectivity index (χ2n) is 7.19. The molecule has 10 heteroatoms. The van der Waals surface area contributed by atoms with Crippen LogP contribution >= 0.6 is 0 Å². The zero-order valence-electron chi connectivity index (χ0n) is 18.0. The van der Waals surface area contributed by atoms with Crippen molar-refractivity contribution in [1.29, 1.82) is 0 Å². The molecule has 0 bridgehead atoms. The number of aromatic nitrogens is 1. The third-order valence-corrected chi connectivity index (χ3v) is 6.19. The van der Waals surface area contributed by atoms with Crippen molar-refractivity contribution < 1.29 is 27.5 Å². The van der Waals surface area contributed by atoms with Gasteiger partial charge in [-0.25, -0.2) is 9.71 Å². The van der Waals surface area contributed by atoms with Gasteiger partial charge in [-0.1, -0.05) is 29.8 Å². The van der Waals surface area contributed by atoms with Crippen LogP contribution in [0, 0.1) is 13.8 Å². The first-order valence-corrected chi connectivity index (χ1v) is 11.3. The number of rotatable bonds is 10. The maximum Gasteiger partial charge on any atom is 0.318 e. The Hall–Kier alpha value is -3.21. The summed E-state index contributed by atoms with van der Waals surface area (Å²) >= 11 is 0. The number of carboxylic acid groups (broad SMARTS) is 1. The average Bonchev–Trinajstić information content (AvgIpc) is 3.13. The van der Waals surface area contributed by atoms with E-state index >= 15 is 0 Å². The molecule has 2 N–H and O–H groups in total. The summed E-state index contributed by atoms with van der Waals surface area (Å²) in [7, 11) is -2.68. The highest BCUT2D eigenvalue weighted by Gasteiger charge is 2.23. The quantitative estimate of drug-likeness (QED) is 0.478. The lowest BCUT2D eigenvalue weighted by molar-refractivity contribution is -0.137. The van der Waals surface area contributed by atoms with Gasteiger partial charge in [-0.2, -0.15) is 12.7 Å². The first kappa shape index (κ1) is 23.5. The number of ether oxygens (including phenoxy) is 1. The fourth-order valence-electron chi connectivity index (χ4n) is 2.98. The molecule has 0 fully saturated rings. The Morgan fingerprint density at radius 1 is 1.19 bits per heavy atom. The summed E-state index contributed by atoms with van der Waals surface area (Å²) in [5, 5.41) is 9.04. The van der Waals surface area contributed by atoms with Gasteiger partial charge in [0.2, 0.25) is 5.89 Å². The number of nitrogens with zero attached hydrogens (tertiary/aromatic N) is 2. The molecule has 0 saturated heterocycles. The summed E-state index contributed by atoms with van der Waals surface area (Å²) in [6, 6.07) is 14.7. The van der Waals surface area contributed by atoms with E-state index in [1.165, 1.54) is 7.05 Å². The van der Waals surface area contributed by atoms with Crippen LogP contribution in [0.5, 0.6) is 5.75 Å². The van der Waals surface area contributed by atoms with E-state index in [4.69, 9.17) is 14.3 Å². The minimum Gasteiger partial charge on any atom is -0.487 e.